The second kappa shape index (κ2) is 13.0. The highest BCUT2D eigenvalue weighted by molar-refractivity contribution is 14.0. The van der Waals surface area contributed by atoms with E-state index < -0.39 is 0 Å². The fourth-order valence-electron chi connectivity index (χ4n) is 2.05. The van der Waals surface area contributed by atoms with Crippen LogP contribution in [0.25, 0.3) is 0 Å². The highest BCUT2D eigenvalue weighted by atomic mass is 127. The third kappa shape index (κ3) is 11.1. The minimum atomic E-state index is 0. The molecule has 0 aromatic rings. The van der Waals surface area contributed by atoms with Crippen molar-refractivity contribution >= 4 is 35.8 Å². The Balaban J connectivity index is 0.00000441. The Labute approximate surface area is 152 Å². The molecule has 0 atom stereocenters. The van der Waals surface area contributed by atoms with Crippen LogP contribution in [0.1, 0.15) is 52.9 Å². The number of unbranched alkanes of at least 4 members (excludes halogenated alkanes) is 1. The van der Waals surface area contributed by atoms with E-state index in [4.69, 9.17) is 0 Å². The van der Waals surface area contributed by atoms with Crippen LogP contribution in [0.2, 0.25) is 0 Å². The Morgan fingerprint density at radius 3 is 2.41 bits per heavy atom. The monoisotopic (exact) mass is 424 g/mol. The van der Waals surface area contributed by atoms with E-state index in [2.05, 4.69) is 41.7 Å². The van der Waals surface area contributed by atoms with E-state index in [0.29, 0.717) is 6.54 Å². The summed E-state index contributed by atoms with van der Waals surface area (Å²) in [6.07, 6.45) is 5.75. The van der Waals surface area contributed by atoms with Gasteiger partial charge in [-0.25, -0.2) is 0 Å². The Hall–Kier alpha value is -0.530. The molecule has 0 aromatic carbocycles. The van der Waals surface area contributed by atoms with E-state index in [-0.39, 0.29) is 35.8 Å². The lowest BCUT2D eigenvalue weighted by atomic mass is 10.1. The molecule has 130 valence electrons. The second-order valence-corrected chi connectivity index (χ2v) is 6.14. The highest BCUT2D eigenvalue weighted by Gasteiger charge is 2.28. The predicted octanol–water partition coefficient (Wildman–Crippen LogP) is 2.51. The molecule has 1 saturated carbocycles. The maximum absolute atomic E-state index is 11.5. The van der Waals surface area contributed by atoms with Gasteiger partial charge in [-0.05, 0) is 32.1 Å². The molecule has 22 heavy (non-hydrogen) atoms. The zero-order valence-electron chi connectivity index (χ0n) is 14.3. The molecule has 1 amide bonds. The predicted molar refractivity (Wildman–Crippen MR) is 104 cm³/mol. The zero-order valence-corrected chi connectivity index (χ0v) is 16.6. The summed E-state index contributed by atoms with van der Waals surface area (Å²) in [4.78, 5) is 16.0. The Bertz CT molecular complexity index is 330. The van der Waals surface area contributed by atoms with Gasteiger partial charge in [0, 0.05) is 32.1 Å². The lowest BCUT2D eigenvalue weighted by Gasteiger charge is -2.12. The number of aliphatic imine (C=N–C) groups is 1. The van der Waals surface area contributed by atoms with E-state index in [0.717, 1.165) is 50.8 Å². The van der Waals surface area contributed by atoms with E-state index in [9.17, 15) is 4.79 Å². The van der Waals surface area contributed by atoms with Crippen LogP contribution in [-0.2, 0) is 4.79 Å². The highest BCUT2D eigenvalue weighted by Crippen LogP contribution is 2.28. The average Bonchev–Trinajstić information content (AvgIpc) is 3.26. The summed E-state index contributed by atoms with van der Waals surface area (Å²) in [5.41, 5.74) is 0. The number of carbonyl (C=O) groups excluding carboxylic acids is 1. The summed E-state index contributed by atoms with van der Waals surface area (Å²) in [5.74, 6) is 2.11. The van der Waals surface area contributed by atoms with Crippen LogP contribution in [-0.4, -0.2) is 38.0 Å². The second-order valence-electron chi connectivity index (χ2n) is 6.14. The lowest BCUT2D eigenvalue weighted by Crippen LogP contribution is -2.41. The first-order valence-corrected chi connectivity index (χ1v) is 8.43. The van der Waals surface area contributed by atoms with Crippen LogP contribution < -0.4 is 16.0 Å². The lowest BCUT2D eigenvalue weighted by molar-refractivity contribution is -0.122. The Morgan fingerprint density at radius 2 is 1.82 bits per heavy atom. The van der Waals surface area contributed by atoms with Gasteiger partial charge in [-0.3, -0.25) is 9.79 Å². The van der Waals surface area contributed by atoms with Crippen LogP contribution in [0.15, 0.2) is 4.99 Å². The molecule has 0 unspecified atom stereocenters. The van der Waals surface area contributed by atoms with E-state index in [1.54, 1.807) is 0 Å². The van der Waals surface area contributed by atoms with Gasteiger partial charge in [-0.1, -0.05) is 26.7 Å². The van der Waals surface area contributed by atoms with Gasteiger partial charge < -0.3 is 16.0 Å². The molecular weight excluding hydrogens is 391 g/mol. The fraction of sp³-hybridized carbons (Fsp3) is 0.875. The van der Waals surface area contributed by atoms with Gasteiger partial charge in [-0.15, -0.1) is 24.0 Å². The molecule has 1 aliphatic carbocycles. The van der Waals surface area contributed by atoms with Gasteiger partial charge in [0.2, 0.25) is 5.91 Å². The van der Waals surface area contributed by atoms with Crippen molar-refractivity contribution in [2.24, 2.45) is 16.8 Å². The van der Waals surface area contributed by atoms with Crippen LogP contribution >= 0.6 is 24.0 Å². The van der Waals surface area contributed by atoms with Gasteiger partial charge in [0.25, 0.3) is 0 Å². The zero-order chi connectivity index (χ0) is 15.5. The smallest absolute Gasteiger partial charge is 0.223 e. The summed E-state index contributed by atoms with van der Waals surface area (Å²) in [5, 5.41) is 9.44. The molecule has 0 bridgehead atoms. The number of hydrogen-bond acceptors (Lipinski definition) is 2. The molecule has 1 rings (SSSR count). The first-order valence-electron chi connectivity index (χ1n) is 8.43. The Kier molecular flexibility index (Phi) is 12.6. The van der Waals surface area contributed by atoms with Gasteiger partial charge in [0.05, 0.1) is 0 Å². The molecule has 0 spiro atoms. The number of nitrogens with one attached hydrogen (secondary N) is 3. The molecule has 6 heteroatoms. The number of guanidine groups is 1. The van der Waals surface area contributed by atoms with Crippen molar-refractivity contribution in [2.75, 3.05) is 26.2 Å². The Morgan fingerprint density at radius 1 is 1.14 bits per heavy atom. The summed E-state index contributed by atoms with van der Waals surface area (Å²) in [6, 6.07) is 0. The van der Waals surface area contributed by atoms with Crippen LogP contribution in [0.4, 0.5) is 0 Å². The molecule has 3 N–H and O–H groups in total. The number of carbonyl (C=O) groups is 1. The van der Waals surface area contributed by atoms with Crippen LogP contribution in [0.3, 0.4) is 0 Å². The molecule has 0 saturated heterocycles. The third-order valence-corrected chi connectivity index (χ3v) is 3.47. The number of rotatable bonds is 10. The van der Waals surface area contributed by atoms with E-state index in [1.807, 2.05) is 0 Å². The third-order valence-electron chi connectivity index (χ3n) is 3.47. The summed E-state index contributed by atoms with van der Waals surface area (Å²) < 4.78 is 0. The molecule has 0 aliphatic heterocycles. The summed E-state index contributed by atoms with van der Waals surface area (Å²) in [7, 11) is 0. The van der Waals surface area contributed by atoms with Crippen molar-refractivity contribution < 1.29 is 4.79 Å². The van der Waals surface area contributed by atoms with Gasteiger partial charge in [0.15, 0.2) is 5.96 Å². The largest absolute Gasteiger partial charge is 0.357 e. The quantitative estimate of drug-likeness (QED) is 0.219. The van der Waals surface area contributed by atoms with Crippen molar-refractivity contribution in [3.8, 4) is 0 Å². The van der Waals surface area contributed by atoms with E-state index in [1.165, 1.54) is 12.8 Å². The van der Waals surface area contributed by atoms with Crippen LogP contribution in [0.5, 0.6) is 0 Å². The van der Waals surface area contributed by atoms with Crippen molar-refractivity contribution in [3.05, 3.63) is 0 Å². The van der Waals surface area contributed by atoms with Crippen molar-refractivity contribution in [1.82, 2.24) is 16.0 Å². The van der Waals surface area contributed by atoms with Crippen LogP contribution in [0, 0.1) is 11.8 Å². The maximum atomic E-state index is 11.5. The molecular formula is C16H33IN4O. The van der Waals surface area contributed by atoms with Gasteiger partial charge >= 0.3 is 0 Å². The molecule has 1 aliphatic rings. The number of amides is 1. The number of hydrogen-bond donors (Lipinski definition) is 3. The molecule has 0 aromatic heterocycles. The average molecular weight is 424 g/mol. The number of halogens is 1. The first-order chi connectivity index (χ1) is 10.1. The molecule has 0 heterocycles. The van der Waals surface area contributed by atoms with Crippen molar-refractivity contribution in [1.29, 1.82) is 0 Å². The molecule has 0 radical (unpaired) electrons. The summed E-state index contributed by atoms with van der Waals surface area (Å²) >= 11 is 0. The minimum absolute atomic E-state index is 0. The van der Waals surface area contributed by atoms with Crippen molar-refractivity contribution in [3.63, 3.8) is 0 Å². The number of nitrogens with zero attached hydrogens (tertiary/aromatic N) is 1. The first kappa shape index (κ1) is 21.5. The topological polar surface area (TPSA) is 65.5 Å². The minimum Gasteiger partial charge on any atom is -0.357 e. The molecule has 1 fully saturated rings. The normalized spacial score (nSPS) is 14.5. The maximum Gasteiger partial charge on any atom is 0.223 e. The van der Waals surface area contributed by atoms with Gasteiger partial charge in [0.1, 0.15) is 0 Å². The van der Waals surface area contributed by atoms with E-state index >= 15 is 0 Å². The molecule has 5 nitrogen and oxygen atoms in total. The summed E-state index contributed by atoms with van der Waals surface area (Å²) in [6.45, 7) is 9.66. The van der Waals surface area contributed by atoms with Gasteiger partial charge in [-0.2, -0.15) is 0 Å². The van der Waals surface area contributed by atoms with Crippen molar-refractivity contribution in [2.45, 2.75) is 52.9 Å². The standard InChI is InChI=1S/C16H32N4O.HI/c1-4-17-16(19-10-6-5-7-13(2)3)20-12-11-18-15(21)14-8-9-14;/h13-14H,4-12H2,1-3H3,(H,18,21)(H2,17,19,20);1H. The fourth-order valence-corrected chi connectivity index (χ4v) is 2.05. The SMILES string of the molecule is CCNC(=NCCCCC(C)C)NCCNC(=O)C1CC1.I.